The molecule has 2 heteroatoms. The third kappa shape index (κ3) is 5.16. The largest absolute Gasteiger partial charge is 0.374 e. The first-order valence-corrected chi connectivity index (χ1v) is 7.00. The molecule has 0 fully saturated rings. The lowest BCUT2D eigenvalue weighted by atomic mass is 10.2. The van der Waals surface area contributed by atoms with E-state index in [0.29, 0.717) is 26.4 Å². The first-order chi connectivity index (χ1) is 9.74. The highest BCUT2D eigenvalue weighted by Gasteiger charge is 1.95. The summed E-state index contributed by atoms with van der Waals surface area (Å²) in [5.41, 5.74) is 4.95. The summed E-state index contributed by atoms with van der Waals surface area (Å²) >= 11 is 0. The van der Waals surface area contributed by atoms with Crippen LogP contribution in [0.4, 0.5) is 0 Å². The SMILES string of the molecule is Cc1ccc(COCCOCc2ccc(C)cc2)cc1. The minimum Gasteiger partial charge on any atom is -0.374 e. The summed E-state index contributed by atoms with van der Waals surface area (Å²) < 4.78 is 11.2. The van der Waals surface area contributed by atoms with Crippen LogP contribution in [0.15, 0.2) is 48.5 Å². The second-order valence-electron chi connectivity index (χ2n) is 5.08. The molecule has 0 aliphatic carbocycles. The van der Waals surface area contributed by atoms with Crippen molar-refractivity contribution < 1.29 is 9.47 Å². The lowest BCUT2D eigenvalue weighted by Crippen LogP contribution is -2.04. The summed E-state index contributed by atoms with van der Waals surface area (Å²) in [6.45, 7) is 6.72. The zero-order valence-electron chi connectivity index (χ0n) is 12.3. The fraction of sp³-hybridized carbons (Fsp3) is 0.333. The van der Waals surface area contributed by atoms with Crippen molar-refractivity contribution in [1.82, 2.24) is 0 Å². The van der Waals surface area contributed by atoms with E-state index in [1.807, 2.05) is 0 Å². The van der Waals surface area contributed by atoms with E-state index in [1.54, 1.807) is 0 Å². The van der Waals surface area contributed by atoms with Crippen molar-refractivity contribution in [3.63, 3.8) is 0 Å². The molecule has 20 heavy (non-hydrogen) atoms. The van der Waals surface area contributed by atoms with Gasteiger partial charge in [0.15, 0.2) is 0 Å². The van der Waals surface area contributed by atoms with Gasteiger partial charge in [0.25, 0.3) is 0 Å². The Morgan fingerprint density at radius 1 is 0.600 bits per heavy atom. The summed E-state index contributed by atoms with van der Waals surface area (Å²) in [6, 6.07) is 16.8. The maximum absolute atomic E-state index is 5.59. The third-order valence-corrected chi connectivity index (χ3v) is 3.15. The maximum atomic E-state index is 5.59. The Labute approximate surface area is 121 Å². The molecule has 2 aromatic rings. The minimum atomic E-state index is 0.625. The zero-order chi connectivity index (χ0) is 14.2. The van der Waals surface area contributed by atoms with E-state index in [0.717, 1.165) is 0 Å². The monoisotopic (exact) mass is 270 g/mol. The van der Waals surface area contributed by atoms with E-state index in [1.165, 1.54) is 22.3 Å². The van der Waals surface area contributed by atoms with Crippen LogP contribution in [-0.4, -0.2) is 13.2 Å². The Morgan fingerprint density at radius 3 is 1.30 bits per heavy atom. The average Bonchev–Trinajstić information content (AvgIpc) is 2.46. The molecule has 2 rings (SSSR count). The molecule has 0 unspecified atom stereocenters. The lowest BCUT2D eigenvalue weighted by Gasteiger charge is -2.06. The van der Waals surface area contributed by atoms with Crippen molar-refractivity contribution in [2.45, 2.75) is 27.1 Å². The normalized spacial score (nSPS) is 10.7. The Balaban J connectivity index is 1.57. The fourth-order valence-corrected chi connectivity index (χ4v) is 1.87. The van der Waals surface area contributed by atoms with E-state index < -0.39 is 0 Å². The first kappa shape index (κ1) is 14.8. The van der Waals surface area contributed by atoms with Crippen molar-refractivity contribution >= 4 is 0 Å². The first-order valence-electron chi connectivity index (χ1n) is 7.00. The summed E-state index contributed by atoms with van der Waals surface area (Å²) in [4.78, 5) is 0. The highest BCUT2D eigenvalue weighted by molar-refractivity contribution is 5.21. The van der Waals surface area contributed by atoms with Crippen molar-refractivity contribution in [1.29, 1.82) is 0 Å². The van der Waals surface area contributed by atoms with Crippen LogP contribution < -0.4 is 0 Å². The van der Waals surface area contributed by atoms with Gasteiger partial charge in [-0.25, -0.2) is 0 Å². The molecule has 0 heterocycles. The maximum Gasteiger partial charge on any atom is 0.0718 e. The molecule has 0 aromatic heterocycles. The second-order valence-corrected chi connectivity index (χ2v) is 5.08. The molecule has 0 aliphatic heterocycles. The minimum absolute atomic E-state index is 0.625. The van der Waals surface area contributed by atoms with Crippen LogP contribution in [0, 0.1) is 13.8 Å². The molecule has 2 aromatic carbocycles. The van der Waals surface area contributed by atoms with Gasteiger partial charge in [0, 0.05) is 0 Å². The number of hydrogen-bond donors (Lipinski definition) is 0. The van der Waals surface area contributed by atoms with E-state index in [2.05, 4.69) is 62.4 Å². The van der Waals surface area contributed by atoms with Crippen molar-refractivity contribution in [3.8, 4) is 0 Å². The number of aryl methyl sites for hydroxylation is 2. The van der Waals surface area contributed by atoms with Gasteiger partial charge in [0.05, 0.1) is 26.4 Å². The Hall–Kier alpha value is -1.64. The molecule has 0 spiro atoms. The lowest BCUT2D eigenvalue weighted by molar-refractivity contribution is 0.0339. The van der Waals surface area contributed by atoms with Crippen LogP contribution in [0.3, 0.4) is 0 Å². The van der Waals surface area contributed by atoms with Gasteiger partial charge in [0.1, 0.15) is 0 Å². The summed E-state index contributed by atoms with van der Waals surface area (Å²) in [5, 5.41) is 0. The summed E-state index contributed by atoms with van der Waals surface area (Å²) in [5.74, 6) is 0. The van der Waals surface area contributed by atoms with Crippen LogP contribution in [0.5, 0.6) is 0 Å². The van der Waals surface area contributed by atoms with Crippen LogP contribution in [0.1, 0.15) is 22.3 Å². The van der Waals surface area contributed by atoms with Gasteiger partial charge >= 0.3 is 0 Å². The molecule has 0 amide bonds. The third-order valence-electron chi connectivity index (χ3n) is 3.15. The standard InChI is InChI=1S/C18H22O2/c1-15-3-7-17(8-4-15)13-19-11-12-20-14-18-9-5-16(2)6-10-18/h3-10H,11-14H2,1-2H3. The van der Waals surface area contributed by atoms with Crippen LogP contribution in [0.25, 0.3) is 0 Å². The quantitative estimate of drug-likeness (QED) is 0.707. The van der Waals surface area contributed by atoms with E-state index >= 15 is 0 Å². The van der Waals surface area contributed by atoms with Crippen molar-refractivity contribution in [3.05, 3.63) is 70.8 Å². The topological polar surface area (TPSA) is 18.5 Å². The fourth-order valence-electron chi connectivity index (χ4n) is 1.87. The van der Waals surface area contributed by atoms with Gasteiger partial charge in [-0.3, -0.25) is 0 Å². The molecule has 0 atom stereocenters. The van der Waals surface area contributed by atoms with Gasteiger partial charge in [-0.2, -0.15) is 0 Å². The summed E-state index contributed by atoms with van der Waals surface area (Å²) in [7, 11) is 0. The van der Waals surface area contributed by atoms with Crippen molar-refractivity contribution in [2.75, 3.05) is 13.2 Å². The molecule has 0 saturated carbocycles. The molecule has 2 nitrogen and oxygen atoms in total. The number of ether oxygens (including phenoxy) is 2. The van der Waals surface area contributed by atoms with Gasteiger partial charge < -0.3 is 9.47 Å². The van der Waals surface area contributed by atoms with Crippen molar-refractivity contribution in [2.24, 2.45) is 0 Å². The Bertz CT molecular complexity index is 450. The molecule has 0 aliphatic rings. The van der Waals surface area contributed by atoms with Gasteiger partial charge in [-0.1, -0.05) is 59.7 Å². The van der Waals surface area contributed by atoms with E-state index in [-0.39, 0.29) is 0 Å². The van der Waals surface area contributed by atoms with Crippen LogP contribution >= 0.6 is 0 Å². The molecule has 0 bridgehead atoms. The number of hydrogen-bond acceptors (Lipinski definition) is 2. The molecular formula is C18H22O2. The molecular weight excluding hydrogens is 248 g/mol. The van der Waals surface area contributed by atoms with E-state index in [9.17, 15) is 0 Å². The molecule has 106 valence electrons. The van der Waals surface area contributed by atoms with Gasteiger partial charge in [-0.05, 0) is 25.0 Å². The highest BCUT2D eigenvalue weighted by Crippen LogP contribution is 2.06. The predicted molar refractivity (Wildman–Crippen MR) is 81.7 cm³/mol. The second kappa shape index (κ2) is 7.83. The van der Waals surface area contributed by atoms with Crippen LogP contribution in [-0.2, 0) is 22.7 Å². The summed E-state index contributed by atoms with van der Waals surface area (Å²) in [6.07, 6.45) is 0. The van der Waals surface area contributed by atoms with E-state index in [4.69, 9.17) is 9.47 Å². The van der Waals surface area contributed by atoms with Gasteiger partial charge in [-0.15, -0.1) is 0 Å². The number of benzene rings is 2. The molecule has 0 radical (unpaired) electrons. The predicted octanol–water partition coefficient (Wildman–Crippen LogP) is 4.04. The average molecular weight is 270 g/mol. The highest BCUT2D eigenvalue weighted by atomic mass is 16.5. The smallest absolute Gasteiger partial charge is 0.0718 e. The Morgan fingerprint density at radius 2 is 0.950 bits per heavy atom. The molecule has 0 N–H and O–H groups in total. The number of rotatable bonds is 7. The van der Waals surface area contributed by atoms with Gasteiger partial charge in [0.2, 0.25) is 0 Å². The zero-order valence-corrected chi connectivity index (χ0v) is 12.3. The van der Waals surface area contributed by atoms with Crippen LogP contribution in [0.2, 0.25) is 0 Å². The Kier molecular flexibility index (Phi) is 5.78. The molecule has 0 saturated heterocycles.